The topological polar surface area (TPSA) is 79.5 Å². The van der Waals surface area contributed by atoms with Crippen LogP contribution in [0, 0.1) is 0 Å². The Morgan fingerprint density at radius 1 is 1.33 bits per heavy atom. The van der Waals surface area contributed by atoms with Crippen LogP contribution in [-0.4, -0.2) is 17.4 Å². The molecule has 0 fully saturated rings. The monoisotopic (exact) mass is 290 g/mol. The van der Waals surface area contributed by atoms with Gasteiger partial charge in [-0.1, -0.05) is 19.1 Å². The van der Waals surface area contributed by atoms with Gasteiger partial charge in [-0.25, -0.2) is 4.99 Å². The lowest BCUT2D eigenvalue weighted by Gasteiger charge is -2.21. The number of hydrogen-bond donors (Lipinski definition) is 3. The van der Waals surface area contributed by atoms with E-state index in [9.17, 15) is 4.79 Å². The molecule has 0 aliphatic rings. The van der Waals surface area contributed by atoms with Gasteiger partial charge in [0.25, 0.3) is 0 Å². The molecule has 1 rings (SSSR count). The fraction of sp³-hybridized carbons (Fsp3) is 0.500. The number of rotatable bonds is 5. The molecule has 0 saturated heterocycles. The summed E-state index contributed by atoms with van der Waals surface area (Å²) in [5, 5.41) is 5.99. The summed E-state index contributed by atoms with van der Waals surface area (Å²) >= 11 is 0. The normalized spacial score (nSPS) is 12.1. The molecule has 0 radical (unpaired) electrons. The van der Waals surface area contributed by atoms with Crippen LogP contribution in [0.1, 0.15) is 46.1 Å². The number of nitrogens with two attached hydrogens (primary N) is 1. The number of carbonyl (C=O) groups excluding carboxylic acids is 1. The molecule has 1 aromatic carbocycles. The van der Waals surface area contributed by atoms with E-state index < -0.39 is 0 Å². The first-order chi connectivity index (χ1) is 9.80. The van der Waals surface area contributed by atoms with Crippen LogP contribution in [-0.2, 0) is 11.3 Å². The van der Waals surface area contributed by atoms with Gasteiger partial charge in [0.15, 0.2) is 5.96 Å². The first-order valence-corrected chi connectivity index (χ1v) is 7.27. The lowest BCUT2D eigenvalue weighted by atomic mass is 10.1. The van der Waals surface area contributed by atoms with Gasteiger partial charge in [-0.3, -0.25) is 4.79 Å². The largest absolute Gasteiger partial charge is 0.370 e. The number of amides is 1. The fourth-order valence-corrected chi connectivity index (χ4v) is 1.80. The van der Waals surface area contributed by atoms with Crippen molar-refractivity contribution in [2.75, 3.05) is 5.32 Å². The predicted molar refractivity (Wildman–Crippen MR) is 88.2 cm³/mol. The summed E-state index contributed by atoms with van der Waals surface area (Å²) in [6.45, 7) is 8.54. The van der Waals surface area contributed by atoms with Crippen molar-refractivity contribution in [1.82, 2.24) is 5.32 Å². The molecule has 21 heavy (non-hydrogen) atoms. The molecule has 0 saturated carbocycles. The van der Waals surface area contributed by atoms with Crippen molar-refractivity contribution in [3.63, 3.8) is 0 Å². The smallest absolute Gasteiger partial charge is 0.224 e. The Morgan fingerprint density at radius 3 is 2.67 bits per heavy atom. The first kappa shape index (κ1) is 17.0. The van der Waals surface area contributed by atoms with Gasteiger partial charge in [0.05, 0.1) is 6.54 Å². The molecule has 1 aromatic rings. The van der Waals surface area contributed by atoms with E-state index in [2.05, 4.69) is 15.6 Å². The summed E-state index contributed by atoms with van der Waals surface area (Å²) in [5.74, 6) is 0.454. The number of hydrogen-bond acceptors (Lipinski definition) is 2. The lowest BCUT2D eigenvalue weighted by Crippen LogP contribution is -2.44. The number of nitrogens with zero attached hydrogens (tertiary/aromatic N) is 1. The number of carbonyl (C=O) groups is 1. The van der Waals surface area contributed by atoms with Crippen molar-refractivity contribution >= 4 is 17.6 Å². The minimum atomic E-state index is -0.108. The number of nitrogens with one attached hydrogen (secondary N) is 2. The van der Waals surface area contributed by atoms with E-state index >= 15 is 0 Å². The Balaban J connectivity index is 2.64. The van der Waals surface area contributed by atoms with Crippen molar-refractivity contribution in [3.8, 4) is 0 Å². The molecule has 0 bridgehead atoms. The highest BCUT2D eigenvalue weighted by Gasteiger charge is 2.09. The van der Waals surface area contributed by atoms with E-state index in [-0.39, 0.29) is 11.4 Å². The summed E-state index contributed by atoms with van der Waals surface area (Å²) in [4.78, 5) is 15.9. The number of aliphatic imine (C=N–C) groups is 1. The highest BCUT2D eigenvalue weighted by Crippen LogP contribution is 2.12. The zero-order valence-electron chi connectivity index (χ0n) is 13.4. The molecule has 0 aliphatic carbocycles. The molecule has 116 valence electrons. The maximum absolute atomic E-state index is 11.6. The summed E-state index contributed by atoms with van der Waals surface area (Å²) in [5.41, 5.74) is 7.53. The van der Waals surface area contributed by atoms with E-state index in [1.54, 1.807) is 0 Å². The SMILES string of the molecule is CCCC(=O)Nc1cccc(CN=C(N)NC(C)(C)C)c1. The molecule has 1 amide bonds. The van der Waals surface area contributed by atoms with Crippen LogP contribution in [0.3, 0.4) is 0 Å². The quantitative estimate of drug-likeness (QED) is 0.576. The summed E-state index contributed by atoms with van der Waals surface area (Å²) in [6.07, 6.45) is 1.37. The average Bonchev–Trinajstić information content (AvgIpc) is 2.35. The summed E-state index contributed by atoms with van der Waals surface area (Å²) in [6, 6.07) is 7.65. The Kier molecular flexibility index (Phi) is 6.21. The third-order valence-electron chi connectivity index (χ3n) is 2.62. The maximum Gasteiger partial charge on any atom is 0.224 e. The molecular weight excluding hydrogens is 264 g/mol. The highest BCUT2D eigenvalue weighted by molar-refractivity contribution is 5.90. The van der Waals surface area contributed by atoms with Gasteiger partial charge in [0.2, 0.25) is 5.91 Å². The number of guanidine groups is 1. The number of benzene rings is 1. The molecule has 0 atom stereocenters. The van der Waals surface area contributed by atoms with E-state index in [0.29, 0.717) is 18.9 Å². The Morgan fingerprint density at radius 2 is 2.05 bits per heavy atom. The van der Waals surface area contributed by atoms with Crippen LogP contribution < -0.4 is 16.4 Å². The van der Waals surface area contributed by atoms with E-state index in [4.69, 9.17) is 5.73 Å². The maximum atomic E-state index is 11.6. The fourth-order valence-electron chi connectivity index (χ4n) is 1.80. The second-order valence-corrected chi connectivity index (χ2v) is 6.08. The van der Waals surface area contributed by atoms with E-state index in [0.717, 1.165) is 17.7 Å². The third kappa shape index (κ3) is 7.34. The van der Waals surface area contributed by atoms with E-state index in [1.165, 1.54) is 0 Å². The molecule has 5 nitrogen and oxygen atoms in total. The van der Waals surface area contributed by atoms with Gasteiger partial charge in [0.1, 0.15) is 0 Å². The Labute approximate surface area is 127 Å². The Hall–Kier alpha value is -2.04. The van der Waals surface area contributed by atoms with Crippen LogP contribution >= 0.6 is 0 Å². The molecule has 0 aromatic heterocycles. The van der Waals surface area contributed by atoms with Gasteiger partial charge in [-0.05, 0) is 44.9 Å². The lowest BCUT2D eigenvalue weighted by molar-refractivity contribution is -0.116. The predicted octanol–water partition coefficient (Wildman–Crippen LogP) is 2.63. The molecule has 0 unspecified atom stereocenters. The second kappa shape index (κ2) is 7.67. The van der Waals surface area contributed by atoms with Gasteiger partial charge in [0, 0.05) is 17.6 Å². The zero-order valence-corrected chi connectivity index (χ0v) is 13.4. The van der Waals surface area contributed by atoms with Crippen LogP contribution in [0.25, 0.3) is 0 Å². The van der Waals surface area contributed by atoms with Crippen molar-refractivity contribution < 1.29 is 4.79 Å². The van der Waals surface area contributed by atoms with Crippen LogP contribution in [0.4, 0.5) is 5.69 Å². The molecule has 0 spiro atoms. The molecule has 4 N–H and O–H groups in total. The van der Waals surface area contributed by atoms with Gasteiger partial charge < -0.3 is 16.4 Å². The van der Waals surface area contributed by atoms with Gasteiger partial charge >= 0.3 is 0 Å². The van der Waals surface area contributed by atoms with Crippen molar-refractivity contribution in [2.45, 2.75) is 52.6 Å². The molecule has 0 aliphatic heterocycles. The summed E-state index contributed by atoms with van der Waals surface area (Å²) in [7, 11) is 0. The molecule has 5 heteroatoms. The molecular formula is C16H26N4O. The van der Waals surface area contributed by atoms with Crippen LogP contribution in [0.2, 0.25) is 0 Å². The third-order valence-corrected chi connectivity index (χ3v) is 2.62. The minimum absolute atomic E-state index is 0.0343. The van der Waals surface area contributed by atoms with Crippen LogP contribution in [0.5, 0.6) is 0 Å². The second-order valence-electron chi connectivity index (χ2n) is 6.08. The summed E-state index contributed by atoms with van der Waals surface area (Å²) < 4.78 is 0. The minimum Gasteiger partial charge on any atom is -0.370 e. The van der Waals surface area contributed by atoms with E-state index in [1.807, 2.05) is 52.0 Å². The molecule has 0 heterocycles. The average molecular weight is 290 g/mol. The highest BCUT2D eigenvalue weighted by atomic mass is 16.1. The zero-order chi connectivity index (χ0) is 15.9. The van der Waals surface area contributed by atoms with Crippen LogP contribution in [0.15, 0.2) is 29.3 Å². The van der Waals surface area contributed by atoms with Crippen molar-refractivity contribution in [3.05, 3.63) is 29.8 Å². The van der Waals surface area contributed by atoms with Crippen molar-refractivity contribution in [2.24, 2.45) is 10.7 Å². The first-order valence-electron chi connectivity index (χ1n) is 7.27. The number of anilines is 1. The standard InChI is InChI=1S/C16H26N4O/c1-5-7-14(21)19-13-9-6-8-12(10-13)11-18-15(17)20-16(2,3)4/h6,8-10H,5,7,11H2,1-4H3,(H,19,21)(H3,17,18,20). The van der Waals surface area contributed by atoms with Crippen molar-refractivity contribution in [1.29, 1.82) is 0 Å². The van der Waals surface area contributed by atoms with Gasteiger partial charge in [-0.15, -0.1) is 0 Å². The Bertz CT molecular complexity index is 503. The van der Waals surface area contributed by atoms with Gasteiger partial charge in [-0.2, -0.15) is 0 Å².